The van der Waals surface area contributed by atoms with Gasteiger partial charge in [-0.15, -0.1) is 0 Å². The number of hydroxylamine groups is 1. The first kappa shape index (κ1) is 17.7. The van der Waals surface area contributed by atoms with Crippen LogP contribution >= 0.6 is 0 Å². The fraction of sp³-hybridized carbons (Fsp3) is 0.562. The van der Waals surface area contributed by atoms with Gasteiger partial charge in [0, 0.05) is 0 Å². The van der Waals surface area contributed by atoms with Crippen molar-refractivity contribution in [1.82, 2.24) is 10.4 Å². The Kier molecular flexibility index (Phi) is 6.01. The van der Waals surface area contributed by atoms with Crippen LogP contribution in [0.2, 0.25) is 0 Å². The van der Waals surface area contributed by atoms with E-state index in [9.17, 15) is 18.0 Å². The van der Waals surface area contributed by atoms with Crippen LogP contribution in [0.4, 0.5) is 13.2 Å². The van der Waals surface area contributed by atoms with Crippen LogP contribution in [-0.2, 0) is 22.4 Å². The van der Waals surface area contributed by atoms with Gasteiger partial charge in [-0.25, -0.2) is 5.48 Å². The van der Waals surface area contributed by atoms with E-state index >= 15 is 0 Å². The van der Waals surface area contributed by atoms with Gasteiger partial charge in [0.05, 0.1) is 18.2 Å². The highest BCUT2D eigenvalue weighted by atomic mass is 19.4. The number of rotatable bonds is 5. The molecule has 1 fully saturated rings. The number of carbonyl (C=O) groups is 1. The first-order valence-corrected chi connectivity index (χ1v) is 7.73. The second-order valence-electron chi connectivity index (χ2n) is 5.59. The molecule has 0 bridgehead atoms. The predicted molar refractivity (Wildman–Crippen MR) is 79.3 cm³/mol. The van der Waals surface area contributed by atoms with Crippen molar-refractivity contribution < 1.29 is 22.8 Å². The number of benzene rings is 1. The lowest BCUT2D eigenvalue weighted by Crippen LogP contribution is -2.49. The van der Waals surface area contributed by atoms with Crippen molar-refractivity contribution in [2.75, 3.05) is 13.1 Å². The van der Waals surface area contributed by atoms with Crippen molar-refractivity contribution in [3.05, 3.63) is 35.4 Å². The van der Waals surface area contributed by atoms with Gasteiger partial charge in [-0.3, -0.25) is 14.5 Å². The summed E-state index contributed by atoms with van der Waals surface area (Å²) in [4.78, 5) is 19.4. The summed E-state index contributed by atoms with van der Waals surface area (Å²) in [7, 11) is 0. The summed E-state index contributed by atoms with van der Waals surface area (Å²) in [5.74, 6) is -0.196. The van der Waals surface area contributed by atoms with Crippen LogP contribution in [0.3, 0.4) is 0 Å². The number of alkyl halides is 3. The molecule has 0 aliphatic carbocycles. The topological polar surface area (TPSA) is 41.6 Å². The average molecular weight is 330 g/mol. The van der Waals surface area contributed by atoms with Gasteiger partial charge in [-0.2, -0.15) is 13.2 Å². The first-order valence-electron chi connectivity index (χ1n) is 7.73. The molecule has 1 saturated heterocycles. The molecule has 0 spiro atoms. The van der Waals surface area contributed by atoms with Gasteiger partial charge < -0.3 is 0 Å². The predicted octanol–water partition coefficient (Wildman–Crippen LogP) is 3.13. The Bertz CT molecular complexity index is 517. The number of amides is 1. The van der Waals surface area contributed by atoms with Crippen LogP contribution in [0.25, 0.3) is 0 Å². The SMILES string of the molecule is CCN1CCCC[C@@H]1C(=O)NOCc1ccc(C(F)(F)F)cc1. The van der Waals surface area contributed by atoms with Gasteiger partial charge in [-0.05, 0) is 43.6 Å². The largest absolute Gasteiger partial charge is 0.416 e. The van der Waals surface area contributed by atoms with E-state index in [1.807, 2.05) is 6.92 Å². The zero-order chi connectivity index (χ0) is 16.9. The quantitative estimate of drug-likeness (QED) is 0.844. The molecule has 1 N–H and O–H groups in total. The maximum atomic E-state index is 12.5. The minimum Gasteiger partial charge on any atom is -0.292 e. The number of halogens is 3. The second-order valence-corrected chi connectivity index (χ2v) is 5.59. The Balaban J connectivity index is 1.81. The van der Waals surface area contributed by atoms with E-state index in [1.54, 1.807) is 0 Å². The molecular formula is C16H21F3N2O2. The van der Waals surface area contributed by atoms with Crippen LogP contribution in [-0.4, -0.2) is 29.9 Å². The fourth-order valence-electron chi connectivity index (χ4n) is 2.71. The van der Waals surface area contributed by atoms with E-state index in [-0.39, 0.29) is 18.6 Å². The summed E-state index contributed by atoms with van der Waals surface area (Å²) in [5.41, 5.74) is 2.27. The molecule has 2 rings (SSSR count). The standard InChI is InChI=1S/C16H21F3N2O2/c1-2-21-10-4-3-5-14(21)15(22)20-23-11-12-6-8-13(9-7-12)16(17,18)19/h6-9,14H,2-5,10-11H2,1H3,(H,20,22)/t14-/m1/s1. The smallest absolute Gasteiger partial charge is 0.292 e. The molecule has 7 heteroatoms. The number of nitrogens with one attached hydrogen (secondary N) is 1. The van der Waals surface area contributed by atoms with Crippen molar-refractivity contribution in [3.63, 3.8) is 0 Å². The molecule has 1 aromatic rings. The molecule has 0 radical (unpaired) electrons. The number of carbonyl (C=O) groups excluding carboxylic acids is 1. The zero-order valence-electron chi connectivity index (χ0n) is 13.0. The molecule has 0 saturated carbocycles. The maximum Gasteiger partial charge on any atom is 0.416 e. The van der Waals surface area contributed by atoms with Crippen molar-refractivity contribution in [3.8, 4) is 0 Å². The van der Waals surface area contributed by atoms with Gasteiger partial charge in [-0.1, -0.05) is 25.5 Å². The van der Waals surface area contributed by atoms with E-state index in [2.05, 4.69) is 10.4 Å². The van der Waals surface area contributed by atoms with E-state index < -0.39 is 11.7 Å². The molecular weight excluding hydrogens is 309 g/mol. The molecule has 1 aliphatic rings. The highest BCUT2D eigenvalue weighted by Crippen LogP contribution is 2.29. The lowest BCUT2D eigenvalue weighted by atomic mass is 10.0. The van der Waals surface area contributed by atoms with Gasteiger partial charge >= 0.3 is 6.18 Å². The van der Waals surface area contributed by atoms with Crippen LogP contribution in [0.1, 0.15) is 37.3 Å². The second kappa shape index (κ2) is 7.79. The maximum absolute atomic E-state index is 12.5. The third-order valence-electron chi connectivity index (χ3n) is 4.02. The molecule has 4 nitrogen and oxygen atoms in total. The van der Waals surface area contributed by atoms with Crippen molar-refractivity contribution in [2.24, 2.45) is 0 Å². The molecule has 0 unspecified atom stereocenters. The molecule has 1 aliphatic heterocycles. The van der Waals surface area contributed by atoms with E-state index in [0.717, 1.165) is 44.5 Å². The Hall–Kier alpha value is -1.60. The third-order valence-corrected chi connectivity index (χ3v) is 4.02. The zero-order valence-corrected chi connectivity index (χ0v) is 13.0. The minimum absolute atomic E-state index is 0.0305. The molecule has 1 heterocycles. The number of nitrogens with zero attached hydrogens (tertiary/aromatic N) is 1. The average Bonchev–Trinajstić information content (AvgIpc) is 2.54. The van der Waals surface area contributed by atoms with Crippen molar-refractivity contribution in [1.29, 1.82) is 0 Å². The summed E-state index contributed by atoms with van der Waals surface area (Å²) >= 11 is 0. The monoisotopic (exact) mass is 330 g/mol. The number of likely N-dealkylation sites (N-methyl/N-ethyl adjacent to an activating group) is 1. The van der Waals surface area contributed by atoms with E-state index in [0.29, 0.717) is 5.56 Å². The van der Waals surface area contributed by atoms with Crippen molar-refractivity contribution >= 4 is 5.91 Å². The van der Waals surface area contributed by atoms with Gasteiger partial charge in [0.1, 0.15) is 0 Å². The van der Waals surface area contributed by atoms with Gasteiger partial charge in [0.2, 0.25) is 0 Å². The lowest BCUT2D eigenvalue weighted by molar-refractivity contribution is -0.141. The minimum atomic E-state index is -4.35. The Morgan fingerprint density at radius 3 is 2.61 bits per heavy atom. The number of piperidine rings is 1. The number of likely N-dealkylation sites (tertiary alicyclic amines) is 1. The van der Waals surface area contributed by atoms with Gasteiger partial charge in [0.15, 0.2) is 0 Å². The van der Waals surface area contributed by atoms with E-state index in [1.165, 1.54) is 12.1 Å². The number of hydrogen-bond donors (Lipinski definition) is 1. The van der Waals surface area contributed by atoms with Crippen LogP contribution in [0, 0.1) is 0 Å². The van der Waals surface area contributed by atoms with Crippen molar-refractivity contribution in [2.45, 2.75) is 45.0 Å². The summed E-state index contributed by atoms with van der Waals surface area (Å²) in [6, 6.07) is 4.49. The third kappa shape index (κ3) is 4.94. The molecule has 1 atom stereocenters. The summed E-state index contributed by atoms with van der Waals surface area (Å²) in [6.07, 6.45) is -1.46. The highest BCUT2D eigenvalue weighted by molar-refractivity contribution is 5.80. The Morgan fingerprint density at radius 1 is 1.30 bits per heavy atom. The first-order chi connectivity index (χ1) is 10.9. The van der Waals surface area contributed by atoms with Gasteiger partial charge in [0.25, 0.3) is 5.91 Å². The fourth-order valence-corrected chi connectivity index (χ4v) is 2.71. The van der Waals surface area contributed by atoms with E-state index in [4.69, 9.17) is 4.84 Å². The molecule has 0 aromatic heterocycles. The summed E-state index contributed by atoms with van der Waals surface area (Å²) in [5, 5.41) is 0. The van der Waals surface area contributed by atoms with Crippen LogP contribution < -0.4 is 5.48 Å². The molecule has 23 heavy (non-hydrogen) atoms. The highest BCUT2D eigenvalue weighted by Gasteiger charge is 2.30. The lowest BCUT2D eigenvalue weighted by Gasteiger charge is -2.33. The summed E-state index contributed by atoms with van der Waals surface area (Å²) in [6.45, 7) is 3.74. The van der Waals surface area contributed by atoms with Crippen LogP contribution in [0.15, 0.2) is 24.3 Å². The summed E-state index contributed by atoms with van der Waals surface area (Å²) < 4.78 is 37.4. The molecule has 128 valence electrons. The number of hydrogen-bond acceptors (Lipinski definition) is 3. The molecule has 1 amide bonds. The normalized spacial score (nSPS) is 19.6. The Morgan fingerprint density at radius 2 is 2.00 bits per heavy atom. The Labute approximate surface area is 133 Å². The molecule has 1 aromatic carbocycles. The van der Waals surface area contributed by atoms with Crippen LogP contribution in [0.5, 0.6) is 0 Å².